The van der Waals surface area contributed by atoms with Crippen LogP contribution in [0.15, 0.2) is 36.9 Å². The Bertz CT molecular complexity index is 557. The topological polar surface area (TPSA) is 29.5 Å². The van der Waals surface area contributed by atoms with E-state index in [0.717, 1.165) is 10.5 Å². The highest BCUT2D eigenvalue weighted by Crippen LogP contribution is 2.49. The summed E-state index contributed by atoms with van der Waals surface area (Å²) in [6, 6.07) is 7.28. The summed E-state index contributed by atoms with van der Waals surface area (Å²) in [7, 11) is 1.55. The first kappa shape index (κ1) is 16.4. The Kier molecular flexibility index (Phi) is 4.78. The number of amides is 1. The lowest BCUT2D eigenvalue weighted by atomic mass is 10.1. The van der Waals surface area contributed by atoms with Gasteiger partial charge in [0, 0.05) is 12.5 Å². The minimum atomic E-state index is -4.40. The van der Waals surface area contributed by atoms with Gasteiger partial charge in [-0.2, -0.15) is 13.2 Å². The van der Waals surface area contributed by atoms with Crippen LogP contribution in [-0.2, 0) is 4.79 Å². The SMILES string of the molecule is C=CCN(CC(F)(F)F)C(=O)C1CC1c1cccc(OC)c1. The molecule has 120 valence electrons. The fourth-order valence-electron chi connectivity index (χ4n) is 2.55. The summed E-state index contributed by atoms with van der Waals surface area (Å²) in [6.45, 7) is 2.08. The minimum Gasteiger partial charge on any atom is -0.497 e. The summed E-state index contributed by atoms with van der Waals surface area (Å²) in [5, 5.41) is 0. The predicted molar refractivity (Wildman–Crippen MR) is 76.7 cm³/mol. The zero-order valence-corrected chi connectivity index (χ0v) is 12.3. The monoisotopic (exact) mass is 313 g/mol. The Balaban J connectivity index is 2.05. The maximum absolute atomic E-state index is 12.5. The second-order valence-electron chi connectivity index (χ2n) is 5.35. The Morgan fingerprint density at radius 1 is 1.50 bits per heavy atom. The van der Waals surface area contributed by atoms with Gasteiger partial charge in [-0.25, -0.2) is 0 Å². The van der Waals surface area contributed by atoms with E-state index in [1.165, 1.54) is 6.08 Å². The molecule has 1 aromatic rings. The van der Waals surface area contributed by atoms with Crippen LogP contribution in [0.4, 0.5) is 13.2 Å². The van der Waals surface area contributed by atoms with Crippen LogP contribution in [0.2, 0.25) is 0 Å². The predicted octanol–water partition coefficient (Wildman–Crippen LogP) is 3.38. The molecular formula is C16H18F3NO2. The van der Waals surface area contributed by atoms with E-state index in [-0.39, 0.29) is 12.5 Å². The molecular weight excluding hydrogens is 295 g/mol. The molecule has 6 heteroatoms. The number of methoxy groups -OCH3 is 1. The zero-order valence-electron chi connectivity index (χ0n) is 12.3. The van der Waals surface area contributed by atoms with Crippen molar-refractivity contribution in [3.63, 3.8) is 0 Å². The average molecular weight is 313 g/mol. The summed E-state index contributed by atoms with van der Waals surface area (Å²) < 4.78 is 42.8. The quantitative estimate of drug-likeness (QED) is 0.754. The molecule has 0 bridgehead atoms. The normalized spacial score (nSPS) is 20.4. The smallest absolute Gasteiger partial charge is 0.406 e. The molecule has 0 N–H and O–H groups in total. The van der Waals surface area contributed by atoms with Crippen molar-refractivity contribution in [1.29, 1.82) is 0 Å². The number of benzene rings is 1. The van der Waals surface area contributed by atoms with Gasteiger partial charge in [-0.1, -0.05) is 18.2 Å². The van der Waals surface area contributed by atoms with Gasteiger partial charge in [0.15, 0.2) is 0 Å². The summed E-state index contributed by atoms with van der Waals surface area (Å²) in [5.74, 6) is -0.226. The van der Waals surface area contributed by atoms with Crippen molar-refractivity contribution in [1.82, 2.24) is 4.90 Å². The second-order valence-corrected chi connectivity index (χ2v) is 5.35. The molecule has 2 atom stereocenters. The van der Waals surface area contributed by atoms with E-state index in [1.807, 2.05) is 18.2 Å². The molecule has 0 heterocycles. The van der Waals surface area contributed by atoms with E-state index < -0.39 is 24.5 Å². The molecule has 1 aliphatic rings. The minimum absolute atomic E-state index is 0.0388. The number of ether oxygens (including phenoxy) is 1. The van der Waals surface area contributed by atoms with Gasteiger partial charge >= 0.3 is 6.18 Å². The summed E-state index contributed by atoms with van der Waals surface area (Å²) >= 11 is 0. The zero-order chi connectivity index (χ0) is 16.3. The highest BCUT2D eigenvalue weighted by Gasteiger charge is 2.47. The largest absolute Gasteiger partial charge is 0.497 e. The Morgan fingerprint density at radius 2 is 2.23 bits per heavy atom. The lowest BCUT2D eigenvalue weighted by Crippen LogP contribution is -2.40. The number of alkyl halides is 3. The van der Waals surface area contributed by atoms with E-state index in [0.29, 0.717) is 12.2 Å². The molecule has 3 nitrogen and oxygen atoms in total. The Morgan fingerprint density at radius 3 is 2.82 bits per heavy atom. The van der Waals surface area contributed by atoms with Crippen LogP contribution in [0.3, 0.4) is 0 Å². The van der Waals surface area contributed by atoms with Gasteiger partial charge in [0.25, 0.3) is 0 Å². The van der Waals surface area contributed by atoms with Crippen molar-refractivity contribution in [2.45, 2.75) is 18.5 Å². The third kappa shape index (κ3) is 4.02. The first-order valence-corrected chi connectivity index (χ1v) is 6.96. The fourth-order valence-corrected chi connectivity index (χ4v) is 2.55. The molecule has 1 amide bonds. The van der Waals surface area contributed by atoms with Crippen LogP contribution in [0.1, 0.15) is 17.9 Å². The average Bonchev–Trinajstić information content (AvgIpc) is 3.25. The van der Waals surface area contributed by atoms with Gasteiger partial charge in [0.1, 0.15) is 12.3 Å². The van der Waals surface area contributed by atoms with Crippen LogP contribution >= 0.6 is 0 Å². The first-order valence-electron chi connectivity index (χ1n) is 6.96. The summed E-state index contributed by atoms with van der Waals surface area (Å²) in [5.41, 5.74) is 0.920. The van der Waals surface area contributed by atoms with Crippen LogP contribution in [0.25, 0.3) is 0 Å². The number of carbonyl (C=O) groups excluding carboxylic acids is 1. The first-order chi connectivity index (χ1) is 10.4. The maximum atomic E-state index is 12.5. The third-order valence-electron chi connectivity index (χ3n) is 3.66. The fraction of sp³-hybridized carbons (Fsp3) is 0.438. The molecule has 1 saturated carbocycles. The van der Waals surface area contributed by atoms with E-state index in [2.05, 4.69) is 6.58 Å². The lowest BCUT2D eigenvalue weighted by Gasteiger charge is -2.22. The molecule has 0 saturated heterocycles. The number of hydrogen-bond donors (Lipinski definition) is 0. The van der Waals surface area contributed by atoms with Crippen molar-refractivity contribution < 1.29 is 22.7 Å². The highest BCUT2D eigenvalue weighted by molar-refractivity contribution is 5.83. The lowest BCUT2D eigenvalue weighted by molar-refractivity contribution is -0.161. The molecule has 22 heavy (non-hydrogen) atoms. The molecule has 1 fully saturated rings. The molecule has 0 radical (unpaired) electrons. The highest BCUT2D eigenvalue weighted by atomic mass is 19.4. The number of halogens is 3. The molecule has 1 aromatic carbocycles. The summed E-state index contributed by atoms with van der Waals surface area (Å²) in [4.78, 5) is 13.1. The molecule has 0 aromatic heterocycles. The van der Waals surface area contributed by atoms with E-state index in [9.17, 15) is 18.0 Å². The van der Waals surface area contributed by atoms with Crippen molar-refractivity contribution in [3.8, 4) is 5.75 Å². The van der Waals surface area contributed by atoms with E-state index in [4.69, 9.17) is 4.74 Å². The van der Waals surface area contributed by atoms with Crippen molar-refractivity contribution in [3.05, 3.63) is 42.5 Å². The standard InChI is InChI=1S/C16H18F3NO2/c1-3-7-20(10-16(17,18)19)15(21)14-9-13(14)11-5-4-6-12(8-11)22-2/h3-6,8,13-14H,1,7,9-10H2,2H3. The van der Waals surface area contributed by atoms with Crippen LogP contribution in [-0.4, -0.2) is 37.2 Å². The summed E-state index contributed by atoms with van der Waals surface area (Å²) in [6.07, 6.45) is -2.52. The van der Waals surface area contributed by atoms with Gasteiger partial charge in [-0.15, -0.1) is 6.58 Å². The molecule has 2 rings (SSSR count). The number of carbonyl (C=O) groups is 1. The van der Waals surface area contributed by atoms with E-state index in [1.54, 1.807) is 13.2 Å². The molecule has 2 unspecified atom stereocenters. The van der Waals surface area contributed by atoms with Crippen LogP contribution < -0.4 is 4.74 Å². The second kappa shape index (κ2) is 6.42. The van der Waals surface area contributed by atoms with Crippen molar-refractivity contribution >= 4 is 5.91 Å². The van der Waals surface area contributed by atoms with Gasteiger partial charge in [-0.05, 0) is 30.0 Å². The molecule has 1 aliphatic carbocycles. The Labute approximate surface area is 127 Å². The van der Waals surface area contributed by atoms with Gasteiger partial charge < -0.3 is 9.64 Å². The van der Waals surface area contributed by atoms with Gasteiger partial charge in [0.05, 0.1) is 7.11 Å². The van der Waals surface area contributed by atoms with Crippen molar-refractivity contribution in [2.75, 3.05) is 20.2 Å². The Hall–Kier alpha value is -1.98. The van der Waals surface area contributed by atoms with Crippen LogP contribution in [0, 0.1) is 5.92 Å². The molecule has 0 spiro atoms. The maximum Gasteiger partial charge on any atom is 0.406 e. The van der Waals surface area contributed by atoms with E-state index >= 15 is 0 Å². The third-order valence-corrected chi connectivity index (χ3v) is 3.66. The molecule has 0 aliphatic heterocycles. The number of nitrogens with zero attached hydrogens (tertiary/aromatic N) is 1. The van der Waals surface area contributed by atoms with Gasteiger partial charge in [0.2, 0.25) is 5.91 Å². The van der Waals surface area contributed by atoms with Crippen LogP contribution in [0.5, 0.6) is 5.75 Å². The number of rotatable bonds is 6. The van der Waals surface area contributed by atoms with Crippen molar-refractivity contribution in [2.24, 2.45) is 5.92 Å². The number of hydrogen-bond acceptors (Lipinski definition) is 2. The van der Waals surface area contributed by atoms with Gasteiger partial charge in [-0.3, -0.25) is 4.79 Å².